The third-order valence-corrected chi connectivity index (χ3v) is 13.6. The fraction of sp³-hybridized carbons (Fsp3) is 0.441. The van der Waals surface area contributed by atoms with Crippen LogP contribution in [-0.2, 0) is 35.1 Å². The molecule has 4 aromatic rings. The summed E-state index contributed by atoms with van der Waals surface area (Å²) >= 11 is 0. The Morgan fingerprint density at radius 3 is 2.31 bits per heavy atom. The summed E-state index contributed by atoms with van der Waals surface area (Å²) in [5, 5.41) is 9.98. The summed E-state index contributed by atoms with van der Waals surface area (Å²) in [6.45, 7) is 22.7. The van der Waals surface area contributed by atoms with Crippen molar-refractivity contribution in [2.24, 2.45) is 5.92 Å². The molecule has 2 aliphatic rings. The van der Waals surface area contributed by atoms with Crippen molar-refractivity contribution in [2.45, 2.75) is 149 Å². The minimum atomic E-state index is -0.0775. The molecule has 4 aromatic carbocycles. The van der Waals surface area contributed by atoms with Gasteiger partial charge in [-0.1, -0.05) is 164 Å². The number of amides is 1. The second-order valence-corrected chi connectivity index (χ2v) is 19.5. The Hall–Kier alpha value is -5.13. The van der Waals surface area contributed by atoms with Crippen LogP contribution in [0.4, 0.5) is 5.69 Å². The van der Waals surface area contributed by atoms with E-state index in [2.05, 4.69) is 185 Å². The lowest BCUT2D eigenvalue weighted by Crippen LogP contribution is -2.31. The first-order valence-electron chi connectivity index (χ1n) is 24.4. The molecule has 0 radical (unpaired) electrons. The Labute approximate surface area is 387 Å². The maximum atomic E-state index is 11.7. The van der Waals surface area contributed by atoms with Crippen LogP contribution in [0.5, 0.6) is 5.75 Å². The van der Waals surface area contributed by atoms with Gasteiger partial charge in [0.1, 0.15) is 11.9 Å². The number of unbranched alkanes of at least 4 members (excludes halogenated alkanes) is 1. The maximum Gasteiger partial charge on any atom is 0.246 e. The van der Waals surface area contributed by atoms with Crippen LogP contribution in [0.15, 0.2) is 145 Å². The predicted molar refractivity (Wildman–Crippen MR) is 271 cm³/mol. The first-order chi connectivity index (χ1) is 30.9. The van der Waals surface area contributed by atoms with Gasteiger partial charge in [-0.05, 0) is 133 Å². The Bertz CT molecular complexity index is 2220. The van der Waals surface area contributed by atoms with Gasteiger partial charge in [0.25, 0.3) is 0 Å². The molecular weight excluding hydrogens is 783 g/mol. The lowest BCUT2D eigenvalue weighted by molar-refractivity contribution is -0.117. The van der Waals surface area contributed by atoms with Gasteiger partial charge in [0.15, 0.2) is 0 Å². The molecule has 2 aliphatic carbocycles. The van der Waals surface area contributed by atoms with Crippen molar-refractivity contribution >= 4 is 11.6 Å². The highest BCUT2D eigenvalue weighted by atomic mass is 16.5. The van der Waals surface area contributed by atoms with Crippen molar-refractivity contribution in [3.63, 3.8) is 0 Å². The van der Waals surface area contributed by atoms with Crippen LogP contribution in [0.3, 0.4) is 0 Å². The van der Waals surface area contributed by atoms with Gasteiger partial charge < -0.3 is 20.7 Å². The third kappa shape index (κ3) is 12.8. The zero-order chi connectivity index (χ0) is 45.5. The quantitative estimate of drug-likeness (QED) is 0.0418. The number of nitrogens with one attached hydrogen (secondary N) is 3. The molecule has 0 heterocycles. The molecule has 5 heteroatoms. The summed E-state index contributed by atoms with van der Waals surface area (Å²) in [4.78, 5) is 11.7. The highest BCUT2D eigenvalue weighted by Gasteiger charge is 2.40. The molecule has 64 heavy (non-hydrogen) atoms. The Morgan fingerprint density at radius 1 is 0.859 bits per heavy atom. The molecule has 0 aromatic heterocycles. The molecule has 1 amide bonds. The van der Waals surface area contributed by atoms with Crippen molar-refractivity contribution in [3.8, 4) is 5.75 Å². The van der Waals surface area contributed by atoms with Gasteiger partial charge in [-0.3, -0.25) is 4.79 Å². The average Bonchev–Trinajstić information content (AvgIpc) is 3.51. The van der Waals surface area contributed by atoms with E-state index < -0.39 is 0 Å². The number of benzene rings is 4. The van der Waals surface area contributed by atoms with Crippen LogP contribution >= 0.6 is 0 Å². The molecule has 0 spiro atoms. The van der Waals surface area contributed by atoms with Crippen molar-refractivity contribution < 1.29 is 9.53 Å². The number of rotatable bonds is 22. The first-order valence-corrected chi connectivity index (χ1v) is 24.4. The lowest BCUT2D eigenvalue weighted by atomic mass is 9.77. The highest BCUT2D eigenvalue weighted by molar-refractivity contribution is 5.92. The zero-order valence-electron chi connectivity index (χ0n) is 40.2. The number of hydrogen-bond acceptors (Lipinski definition) is 4. The summed E-state index contributed by atoms with van der Waals surface area (Å²) < 4.78 is 7.11. The molecule has 5 nitrogen and oxygen atoms in total. The summed E-state index contributed by atoms with van der Waals surface area (Å²) in [6, 6.07) is 35.5. The maximum absolute atomic E-state index is 11.7. The van der Waals surface area contributed by atoms with E-state index in [4.69, 9.17) is 4.74 Å². The number of ether oxygens (including phenoxy) is 1. The molecule has 0 saturated heterocycles. The van der Waals surface area contributed by atoms with Crippen molar-refractivity contribution in [1.29, 1.82) is 0 Å². The number of hydrogen-bond donors (Lipinski definition) is 3. The average molecular weight is 860 g/mol. The van der Waals surface area contributed by atoms with Gasteiger partial charge in [0.2, 0.25) is 5.91 Å². The summed E-state index contributed by atoms with van der Waals surface area (Å²) in [7, 11) is 0. The van der Waals surface area contributed by atoms with Crippen molar-refractivity contribution in [2.75, 3.05) is 18.4 Å². The monoisotopic (exact) mass is 860 g/mol. The predicted octanol–water partition coefficient (Wildman–Crippen LogP) is 14.0. The molecule has 340 valence electrons. The smallest absolute Gasteiger partial charge is 0.246 e. The van der Waals surface area contributed by atoms with E-state index in [1.807, 2.05) is 0 Å². The van der Waals surface area contributed by atoms with E-state index in [0.29, 0.717) is 18.0 Å². The SMILES string of the molecule is C=C(C)C(=O)NCCCNCc1ccc(CNc2ccc(OC3/C(=C/C=C4/C(CCC)c5ccccc5C4(C)C)CCCC3/C=C/CC(C)(C)c3ccccc3CCCC)cc2)cc1. The van der Waals surface area contributed by atoms with E-state index in [9.17, 15) is 4.79 Å². The fourth-order valence-corrected chi connectivity index (χ4v) is 9.89. The standard InChI is InChI=1S/C59H77N3O2/c1-9-11-20-46-21-12-14-26-53(46)58(5,6)38-17-24-47-22-16-23-48(32-37-55-51(19-10-2)52-25-13-15-27-54(52)59(55,7)8)56(47)64-50-35-33-49(34-36-50)62-42-45-30-28-44(29-31-45)41-60-39-18-40-61-57(63)43(3)4/h12-15,17,21,24-37,47,51,56,60,62H,3,9-11,16,18-20,22-23,38-42H2,1-2,4-8H3,(H,61,63)/b24-17+,48-32+,55-37-. The van der Waals surface area contributed by atoms with E-state index in [-0.39, 0.29) is 28.8 Å². The number of allylic oxidation sites excluding steroid dienone is 4. The van der Waals surface area contributed by atoms with Gasteiger partial charge in [0, 0.05) is 48.1 Å². The Morgan fingerprint density at radius 2 is 1.58 bits per heavy atom. The van der Waals surface area contributed by atoms with E-state index in [1.54, 1.807) is 6.92 Å². The van der Waals surface area contributed by atoms with E-state index in [1.165, 1.54) is 63.8 Å². The van der Waals surface area contributed by atoms with Crippen LogP contribution in [0.2, 0.25) is 0 Å². The number of carbonyl (C=O) groups excluding carboxylic acids is 1. The molecule has 3 unspecified atom stereocenters. The summed E-state index contributed by atoms with van der Waals surface area (Å²) in [6.07, 6.45) is 20.9. The molecule has 0 bridgehead atoms. The number of fused-ring (bicyclic) bond motifs is 1. The molecule has 3 atom stereocenters. The molecular formula is C59H77N3O2. The fourth-order valence-electron chi connectivity index (χ4n) is 9.89. The Kier molecular flexibility index (Phi) is 17.5. The number of aryl methyl sites for hydroxylation is 1. The second kappa shape index (κ2) is 23.2. The van der Waals surface area contributed by atoms with Crippen LogP contribution < -0.4 is 20.7 Å². The molecule has 0 aliphatic heterocycles. The summed E-state index contributed by atoms with van der Waals surface area (Å²) in [5.41, 5.74) is 13.0. The van der Waals surface area contributed by atoms with Crippen LogP contribution in [-0.4, -0.2) is 25.1 Å². The van der Waals surface area contributed by atoms with Gasteiger partial charge in [-0.25, -0.2) is 0 Å². The van der Waals surface area contributed by atoms with Gasteiger partial charge >= 0.3 is 0 Å². The van der Waals surface area contributed by atoms with Crippen molar-refractivity contribution in [1.82, 2.24) is 10.6 Å². The Balaban J connectivity index is 1.15. The van der Waals surface area contributed by atoms with Gasteiger partial charge in [-0.2, -0.15) is 0 Å². The molecule has 6 rings (SSSR count). The lowest BCUT2D eigenvalue weighted by Gasteiger charge is -2.33. The molecule has 1 fully saturated rings. The van der Waals surface area contributed by atoms with Crippen LogP contribution in [0.1, 0.15) is 146 Å². The normalized spacial score (nSPS) is 19.5. The zero-order valence-corrected chi connectivity index (χ0v) is 40.2. The molecule has 3 N–H and O–H groups in total. The van der Waals surface area contributed by atoms with E-state index >= 15 is 0 Å². The minimum absolute atomic E-state index is 0.00815. The topological polar surface area (TPSA) is 62.4 Å². The second-order valence-electron chi connectivity index (χ2n) is 19.5. The highest BCUT2D eigenvalue weighted by Crippen LogP contribution is 2.52. The van der Waals surface area contributed by atoms with Crippen LogP contribution in [0, 0.1) is 5.92 Å². The minimum Gasteiger partial charge on any atom is -0.485 e. The van der Waals surface area contributed by atoms with E-state index in [0.717, 1.165) is 76.0 Å². The summed E-state index contributed by atoms with van der Waals surface area (Å²) in [5.74, 6) is 1.57. The van der Waals surface area contributed by atoms with Crippen molar-refractivity contribution in [3.05, 3.63) is 178 Å². The first kappa shape index (κ1) is 48.3. The largest absolute Gasteiger partial charge is 0.485 e. The van der Waals surface area contributed by atoms with Gasteiger partial charge in [0.05, 0.1) is 0 Å². The molecule has 1 saturated carbocycles. The number of anilines is 1. The van der Waals surface area contributed by atoms with Gasteiger partial charge in [-0.15, -0.1) is 0 Å². The number of carbonyl (C=O) groups is 1. The third-order valence-electron chi connectivity index (χ3n) is 13.6. The van der Waals surface area contributed by atoms with Crippen LogP contribution in [0.25, 0.3) is 0 Å².